The summed E-state index contributed by atoms with van der Waals surface area (Å²) in [5.41, 5.74) is -0.587. The zero-order valence-electron chi connectivity index (χ0n) is 15.2. The molecule has 2 amide bonds. The van der Waals surface area contributed by atoms with E-state index in [4.69, 9.17) is 0 Å². The van der Waals surface area contributed by atoms with Crippen LogP contribution in [0.5, 0.6) is 0 Å². The van der Waals surface area contributed by atoms with Crippen LogP contribution in [0.2, 0.25) is 0 Å². The van der Waals surface area contributed by atoms with Crippen molar-refractivity contribution in [2.45, 2.75) is 19.9 Å². The zero-order valence-corrected chi connectivity index (χ0v) is 15.2. The van der Waals surface area contributed by atoms with Crippen molar-refractivity contribution in [3.05, 3.63) is 29.8 Å². The number of aromatic nitrogens is 1. The van der Waals surface area contributed by atoms with Gasteiger partial charge in [-0.15, -0.1) is 0 Å². The number of carbonyl (C=O) groups is 2. The van der Waals surface area contributed by atoms with Crippen molar-refractivity contribution in [2.75, 3.05) is 40.3 Å². The van der Waals surface area contributed by atoms with E-state index in [9.17, 15) is 14.0 Å². The van der Waals surface area contributed by atoms with Crippen LogP contribution in [0.3, 0.4) is 0 Å². The maximum Gasteiger partial charge on any atom is 0.256 e. The molecule has 0 aliphatic carbocycles. The summed E-state index contributed by atoms with van der Waals surface area (Å²) in [4.78, 5) is 35.0. The van der Waals surface area contributed by atoms with Gasteiger partial charge in [-0.3, -0.25) is 19.5 Å². The number of likely N-dealkylation sites (tertiary alicyclic amines) is 2. The van der Waals surface area contributed by atoms with Gasteiger partial charge in [-0.25, -0.2) is 4.39 Å². The Morgan fingerprint density at radius 2 is 2.04 bits per heavy atom. The summed E-state index contributed by atoms with van der Waals surface area (Å²) in [6, 6.07) is 1.74. The van der Waals surface area contributed by atoms with Gasteiger partial charge in [0, 0.05) is 58.4 Å². The Balaban J connectivity index is 1.88. The van der Waals surface area contributed by atoms with Gasteiger partial charge in [0.2, 0.25) is 5.91 Å². The Kier molecular flexibility index (Phi) is 4.53. The van der Waals surface area contributed by atoms with Crippen LogP contribution in [0.15, 0.2) is 18.5 Å². The summed E-state index contributed by atoms with van der Waals surface area (Å²) >= 11 is 0. The monoisotopic (exact) mass is 348 g/mol. The Hall–Kier alpha value is -2.02. The van der Waals surface area contributed by atoms with Crippen LogP contribution >= 0.6 is 0 Å². The minimum atomic E-state index is -0.624. The minimum Gasteiger partial charge on any atom is -0.348 e. The molecule has 0 saturated carbocycles. The molecule has 0 unspecified atom stereocenters. The van der Waals surface area contributed by atoms with Crippen LogP contribution in [0.1, 0.15) is 24.2 Å². The quantitative estimate of drug-likeness (QED) is 0.821. The van der Waals surface area contributed by atoms with Crippen molar-refractivity contribution < 1.29 is 14.0 Å². The average molecular weight is 348 g/mol. The van der Waals surface area contributed by atoms with Gasteiger partial charge in [-0.2, -0.15) is 0 Å². The molecule has 0 spiro atoms. The Bertz CT molecular complexity index is 693. The van der Waals surface area contributed by atoms with Crippen LogP contribution in [0.4, 0.5) is 4.39 Å². The van der Waals surface area contributed by atoms with Gasteiger partial charge in [-0.05, 0) is 19.9 Å². The molecule has 2 saturated heterocycles. The first-order valence-corrected chi connectivity index (χ1v) is 8.61. The van der Waals surface area contributed by atoms with E-state index in [-0.39, 0.29) is 23.3 Å². The van der Waals surface area contributed by atoms with Gasteiger partial charge in [0.05, 0.1) is 17.2 Å². The molecule has 2 aliphatic rings. The van der Waals surface area contributed by atoms with E-state index in [1.165, 1.54) is 12.3 Å². The van der Waals surface area contributed by atoms with Crippen molar-refractivity contribution in [2.24, 2.45) is 11.3 Å². The second kappa shape index (κ2) is 6.37. The fraction of sp³-hybridized carbons (Fsp3) is 0.611. The van der Waals surface area contributed by atoms with Crippen molar-refractivity contribution >= 4 is 11.8 Å². The summed E-state index contributed by atoms with van der Waals surface area (Å²) in [5.74, 6) is -0.873. The third-order valence-electron chi connectivity index (χ3n) is 5.49. The summed E-state index contributed by atoms with van der Waals surface area (Å²) in [5, 5.41) is 0. The molecule has 0 bridgehead atoms. The van der Waals surface area contributed by atoms with Crippen molar-refractivity contribution in [1.82, 2.24) is 19.7 Å². The molecular formula is C18H25FN4O2. The second-order valence-corrected chi connectivity index (χ2v) is 7.62. The average Bonchev–Trinajstić information content (AvgIpc) is 3.09. The molecule has 136 valence electrons. The van der Waals surface area contributed by atoms with Gasteiger partial charge in [0.25, 0.3) is 5.91 Å². The lowest BCUT2D eigenvalue weighted by atomic mass is 9.79. The molecule has 3 heterocycles. The molecule has 7 heteroatoms. The largest absolute Gasteiger partial charge is 0.348 e. The van der Waals surface area contributed by atoms with E-state index < -0.39 is 11.2 Å². The molecule has 0 aromatic carbocycles. The van der Waals surface area contributed by atoms with Gasteiger partial charge in [0.15, 0.2) is 5.82 Å². The van der Waals surface area contributed by atoms with E-state index in [1.54, 1.807) is 23.9 Å². The van der Waals surface area contributed by atoms with Crippen LogP contribution < -0.4 is 0 Å². The zero-order chi connectivity index (χ0) is 18.4. The Morgan fingerprint density at radius 1 is 1.32 bits per heavy atom. The maximum atomic E-state index is 13.9. The highest BCUT2D eigenvalue weighted by atomic mass is 19.1. The van der Waals surface area contributed by atoms with Crippen LogP contribution in [-0.4, -0.2) is 77.8 Å². The van der Waals surface area contributed by atoms with E-state index >= 15 is 0 Å². The van der Waals surface area contributed by atoms with Crippen LogP contribution in [-0.2, 0) is 4.79 Å². The van der Waals surface area contributed by atoms with Gasteiger partial charge in [-0.1, -0.05) is 0 Å². The molecule has 0 N–H and O–H groups in total. The standard InChI is InChI=1S/C18H25FN4O2/c1-12(2)22-8-13-9-23(11-18(13,10-22)17(25)21(3)4)16(24)14-5-6-20-7-15(14)19/h5-7,12-13H,8-11H2,1-4H3/t13-,18-/m0/s1. The lowest BCUT2D eigenvalue weighted by Gasteiger charge is -2.31. The van der Waals surface area contributed by atoms with Crippen LogP contribution in [0, 0.1) is 17.2 Å². The van der Waals surface area contributed by atoms with E-state index in [0.29, 0.717) is 25.7 Å². The summed E-state index contributed by atoms with van der Waals surface area (Å²) < 4.78 is 13.9. The van der Waals surface area contributed by atoms with E-state index in [2.05, 4.69) is 23.7 Å². The molecule has 3 rings (SSSR count). The lowest BCUT2D eigenvalue weighted by molar-refractivity contribution is -0.139. The molecule has 6 nitrogen and oxygen atoms in total. The summed E-state index contributed by atoms with van der Waals surface area (Å²) in [6.07, 6.45) is 2.46. The summed E-state index contributed by atoms with van der Waals surface area (Å²) in [7, 11) is 3.50. The normalized spacial score (nSPS) is 26.2. The van der Waals surface area contributed by atoms with Crippen LogP contribution in [0.25, 0.3) is 0 Å². The topological polar surface area (TPSA) is 56.8 Å². The molecule has 1 aromatic heterocycles. The Morgan fingerprint density at radius 3 is 2.64 bits per heavy atom. The number of carbonyl (C=O) groups excluding carboxylic acids is 2. The first kappa shape index (κ1) is 17.8. The first-order valence-electron chi connectivity index (χ1n) is 8.61. The number of fused-ring (bicyclic) bond motifs is 1. The second-order valence-electron chi connectivity index (χ2n) is 7.62. The number of amides is 2. The van der Waals surface area contributed by atoms with Crippen molar-refractivity contribution in [3.63, 3.8) is 0 Å². The predicted octanol–water partition coefficient (Wildman–Crippen LogP) is 1.09. The van der Waals surface area contributed by atoms with Crippen molar-refractivity contribution in [1.29, 1.82) is 0 Å². The highest BCUT2D eigenvalue weighted by Gasteiger charge is 2.58. The van der Waals surface area contributed by atoms with Gasteiger partial charge >= 0.3 is 0 Å². The molecule has 2 aliphatic heterocycles. The molecule has 2 atom stereocenters. The molecule has 2 fully saturated rings. The Labute approximate surface area is 147 Å². The first-order chi connectivity index (χ1) is 11.8. The van der Waals surface area contributed by atoms with E-state index in [0.717, 1.165) is 12.7 Å². The third kappa shape index (κ3) is 2.90. The number of nitrogens with zero attached hydrogens (tertiary/aromatic N) is 4. The van der Waals surface area contributed by atoms with Crippen molar-refractivity contribution in [3.8, 4) is 0 Å². The number of halogens is 1. The van der Waals surface area contributed by atoms with E-state index in [1.807, 2.05) is 0 Å². The molecular weight excluding hydrogens is 323 g/mol. The fourth-order valence-electron chi connectivity index (χ4n) is 4.12. The maximum absolute atomic E-state index is 13.9. The smallest absolute Gasteiger partial charge is 0.256 e. The minimum absolute atomic E-state index is 0.0168. The fourth-order valence-corrected chi connectivity index (χ4v) is 4.12. The lowest BCUT2D eigenvalue weighted by Crippen LogP contribution is -2.48. The highest BCUT2D eigenvalue weighted by molar-refractivity contribution is 5.95. The molecule has 0 radical (unpaired) electrons. The molecule has 1 aromatic rings. The predicted molar refractivity (Wildman–Crippen MR) is 91.4 cm³/mol. The number of hydrogen-bond donors (Lipinski definition) is 0. The SMILES string of the molecule is CC(C)N1C[C@H]2CN(C(=O)c3ccncc3F)C[C@@]2(C(=O)N(C)C)C1. The highest BCUT2D eigenvalue weighted by Crippen LogP contribution is 2.44. The summed E-state index contributed by atoms with van der Waals surface area (Å²) in [6.45, 7) is 6.45. The van der Waals surface area contributed by atoms with Gasteiger partial charge < -0.3 is 9.80 Å². The number of rotatable bonds is 3. The number of pyridine rings is 1. The van der Waals surface area contributed by atoms with Gasteiger partial charge in [0.1, 0.15) is 0 Å². The number of hydrogen-bond acceptors (Lipinski definition) is 4. The third-order valence-corrected chi connectivity index (χ3v) is 5.49. The molecule has 25 heavy (non-hydrogen) atoms.